The van der Waals surface area contributed by atoms with Gasteiger partial charge in [0, 0.05) is 31.7 Å². The molecule has 5 heteroatoms. The van der Waals surface area contributed by atoms with E-state index in [0.29, 0.717) is 12.0 Å². The van der Waals surface area contributed by atoms with Gasteiger partial charge in [-0.05, 0) is 51.7 Å². The molecule has 0 spiro atoms. The van der Waals surface area contributed by atoms with Gasteiger partial charge in [-0.1, -0.05) is 12.1 Å². The van der Waals surface area contributed by atoms with Crippen LogP contribution in [0.4, 0.5) is 0 Å². The number of carbonyl (C=O) groups is 1. The topological polar surface area (TPSA) is 47.4 Å². The third kappa shape index (κ3) is 3.06. The lowest BCUT2D eigenvalue weighted by molar-refractivity contribution is -0.142. The number of fused-ring (bicyclic) bond motifs is 1. The van der Waals surface area contributed by atoms with E-state index in [-0.39, 0.29) is 12.0 Å². The fourth-order valence-corrected chi connectivity index (χ4v) is 4.26. The van der Waals surface area contributed by atoms with Crippen molar-refractivity contribution in [2.45, 2.75) is 57.6 Å². The van der Waals surface area contributed by atoms with Crippen molar-refractivity contribution in [3.05, 3.63) is 30.1 Å². The first-order valence-corrected chi connectivity index (χ1v) is 9.52. The number of nitrogens with zero attached hydrogens (tertiary/aromatic N) is 3. The molecule has 2 aromatic rings. The van der Waals surface area contributed by atoms with Crippen LogP contribution in [0.1, 0.15) is 57.3 Å². The van der Waals surface area contributed by atoms with Crippen molar-refractivity contribution in [1.82, 2.24) is 14.5 Å². The quantitative estimate of drug-likeness (QED) is 0.858. The van der Waals surface area contributed by atoms with E-state index < -0.39 is 0 Å². The zero-order chi connectivity index (χ0) is 17.4. The highest BCUT2D eigenvalue weighted by molar-refractivity contribution is 5.81. The second-order valence-corrected chi connectivity index (χ2v) is 7.55. The number of amides is 1. The van der Waals surface area contributed by atoms with Crippen molar-refractivity contribution in [3.63, 3.8) is 0 Å². The van der Waals surface area contributed by atoms with Crippen LogP contribution in [0.15, 0.2) is 24.3 Å². The summed E-state index contributed by atoms with van der Waals surface area (Å²) in [7, 11) is 0. The predicted molar refractivity (Wildman–Crippen MR) is 97.6 cm³/mol. The molecule has 0 bridgehead atoms. The second kappa shape index (κ2) is 6.79. The SMILES string of the molecule is CC(C)n1c(C2CCCN(C(=O)C3CCCO3)C2)nc2ccccc21. The number of likely N-dealkylation sites (tertiary alicyclic amines) is 1. The van der Waals surface area contributed by atoms with Gasteiger partial charge in [-0.15, -0.1) is 0 Å². The molecular weight excluding hydrogens is 314 g/mol. The van der Waals surface area contributed by atoms with Crippen LogP contribution < -0.4 is 0 Å². The molecule has 1 aromatic carbocycles. The van der Waals surface area contributed by atoms with Gasteiger partial charge in [-0.25, -0.2) is 4.98 Å². The number of benzene rings is 1. The van der Waals surface area contributed by atoms with Crippen LogP contribution in [-0.4, -0.2) is 46.2 Å². The summed E-state index contributed by atoms with van der Waals surface area (Å²) in [6.07, 6.45) is 3.76. The van der Waals surface area contributed by atoms with Crippen molar-refractivity contribution >= 4 is 16.9 Å². The summed E-state index contributed by atoms with van der Waals surface area (Å²) in [6, 6.07) is 8.69. The van der Waals surface area contributed by atoms with Crippen molar-refractivity contribution in [2.24, 2.45) is 0 Å². The maximum absolute atomic E-state index is 12.7. The van der Waals surface area contributed by atoms with Gasteiger partial charge < -0.3 is 14.2 Å². The minimum absolute atomic E-state index is 0.175. The van der Waals surface area contributed by atoms with Crippen LogP contribution in [0.3, 0.4) is 0 Å². The normalized spacial score (nSPS) is 24.4. The lowest BCUT2D eigenvalue weighted by Crippen LogP contribution is -2.44. The first kappa shape index (κ1) is 16.6. The highest BCUT2D eigenvalue weighted by Crippen LogP contribution is 2.32. The number of hydrogen-bond donors (Lipinski definition) is 0. The van der Waals surface area contributed by atoms with Crippen LogP contribution in [0.2, 0.25) is 0 Å². The largest absolute Gasteiger partial charge is 0.368 e. The molecule has 2 fully saturated rings. The fraction of sp³-hybridized carbons (Fsp3) is 0.600. The van der Waals surface area contributed by atoms with Crippen molar-refractivity contribution < 1.29 is 9.53 Å². The molecule has 0 radical (unpaired) electrons. The summed E-state index contributed by atoms with van der Waals surface area (Å²) in [4.78, 5) is 19.7. The summed E-state index contributed by atoms with van der Waals surface area (Å²) < 4.78 is 7.95. The summed E-state index contributed by atoms with van der Waals surface area (Å²) >= 11 is 0. The number of carbonyl (C=O) groups excluding carboxylic acids is 1. The maximum Gasteiger partial charge on any atom is 0.251 e. The zero-order valence-corrected chi connectivity index (χ0v) is 15.1. The molecule has 2 aliphatic heterocycles. The summed E-state index contributed by atoms with van der Waals surface area (Å²) in [5.41, 5.74) is 2.24. The predicted octanol–water partition coefficient (Wildman–Crippen LogP) is 3.50. The average molecular weight is 341 g/mol. The maximum atomic E-state index is 12.7. The third-order valence-electron chi connectivity index (χ3n) is 5.44. The van der Waals surface area contributed by atoms with E-state index in [1.54, 1.807) is 0 Å². The van der Waals surface area contributed by atoms with Gasteiger partial charge in [-0.2, -0.15) is 0 Å². The van der Waals surface area contributed by atoms with Gasteiger partial charge in [0.2, 0.25) is 0 Å². The van der Waals surface area contributed by atoms with E-state index in [0.717, 1.165) is 56.7 Å². The minimum Gasteiger partial charge on any atom is -0.368 e. The number of piperidine rings is 1. The summed E-state index contributed by atoms with van der Waals surface area (Å²) in [5, 5.41) is 0. The van der Waals surface area contributed by atoms with Crippen LogP contribution in [0, 0.1) is 0 Å². The van der Waals surface area contributed by atoms with Crippen molar-refractivity contribution in [3.8, 4) is 0 Å². The zero-order valence-electron chi connectivity index (χ0n) is 15.1. The molecule has 2 unspecified atom stereocenters. The molecule has 1 aromatic heterocycles. The molecule has 134 valence electrons. The van der Waals surface area contributed by atoms with Crippen LogP contribution in [-0.2, 0) is 9.53 Å². The third-order valence-corrected chi connectivity index (χ3v) is 5.44. The van der Waals surface area contributed by atoms with Gasteiger partial charge in [0.05, 0.1) is 11.0 Å². The molecule has 3 heterocycles. The molecule has 5 nitrogen and oxygen atoms in total. The monoisotopic (exact) mass is 341 g/mol. The Hall–Kier alpha value is -1.88. The number of imidazole rings is 1. The van der Waals surface area contributed by atoms with E-state index in [2.05, 4.69) is 36.6 Å². The Kier molecular flexibility index (Phi) is 4.50. The molecule has 25 heavy (non-hydrogen) atoms. The van der Waals surface area contributed by atoms with E-state index in [1.807, 2.05) is 11.0 Å². The summed E-state index contributed by atoms with van der Waals surface area (Å²) in [6.45, 7) is 6.73. The highest BCUT2D eigenvalue weighted by Gasteiger charge is 2.33. The molecule has 1 amide bonds. The number of rotatable bonds is 3. The number of aromatic nitrogens is 2. The van der Waals surface area contributed by atoms with Crippen LogP contribution in [0.5, 0.6) is 0 Å². The molecule has 0 aliphatic carbocycles. The lowest BCUT2D eigenvalue weighted by atomic mass is 9.96. The van der Waals surface area contributed by atoms with E-state index in [1.165, 1.54) is 5.52 Å². The van der Waals surface area contributed by atoms with Crippen molar-refractivity contribution in [2.75, 3.05) is 19.7 Å². The van der Waals surface area contributed by atoms with Gasteiger partial charge in [0.1, 0.15) is 11.9 Å². The average Bonchev–Trinajstić information content (AvgIpc) is 3.28. The Morgan fingerprint density at radius 1 is 1.24 bits per heavy atom. The van der Waals surface area contributed by atoms with Gasteiger partial charge >= 0.3 is 0 Å². The van der Waals surface area contributed by atoms with Crippen molar-refractivity contribution in [1.29, 1.82) is 0 Å². The van der Waals surface area contributed by atoms with E-state index in [4.69, 9.17) is 9.72 Å². The minimum atomic E-state index is -0.220. The Morgan fingerprint density at radius 3 is 2.84 bits per heavy atom. The molecule has 0 saturated carbocycles. The standard InChI is InChI=1S/C20H27N3O2/c1-14(2)23-17-9-4-3-8-16(17)21-19(23)15-7-5-11-22(13-15)20(24)18-10-6-12-25-18/h3-4,8-9,14-15,18H,5-7,10-13H2,1-2H3. The molecule has 2 aliphatic rings. The van der Waals surface area contributed by atoms with Gasteiger partial charge in [0.25, 0.3) is 5.91 Å². The van der Waals surface area contributed by atoms with Gasteiger partial charge in [0.15, 0.2) is 0 Å². The first-order chi connectivity index (χ1) is 12.1. The molecule has 2 saturated heterocycles. The second-order valence-electron chi connectivity index (χ2n) is 7.55. The number of hydrogen-bond acceptors (Lipinski definition) is 3. The fourth-order valence-electron chi connectivity index (χ4n) is 4.26. The first-order valence-electron chi connectivity index (χ1n) is 9.52. The highest BCUT2D eigenvalue weighted by atomic mass is 16.5. The lowest BCUT2D eigenvalue weighted by Gasteiger charge is -2.34. The Balaban J connectivity index is 1.62. The van der Waals surface area contributed by atoms with Crippen LogP contribution in [0.25, 0.3) is 11.0 Å². The van der Waals surface area contributed by atoms with Gasteiger partial charge in [-0.3, -0.25) is 4.79 Å². The molecule has 0 N–H and O–H groups in total. The smallest absolute Gasteiger partial charge is 0.251 e. The Labute approximate surface area is 149 Å². The van der Waals surface area contributed by atoms with E-state index in [9.17, 15) is 4.79 Å². The van der Waals surface area contributed by atoms with E-state index >= 15 is 0 Å². The Morgan fingerprint density at radius 2 is 2.08 bits per heavy atom. The molecule has 4 rings (SSSR count). The summed E-state index contributed by atoms with van der Waals surface area (Å²) in [5.74, 6) is 1.60. The molecular formula is C20H27N3O2. The molecule has 2 atom stereocenters. The van der Waals surface area contributed by atoms with Crippen LogP contribution >= 0.6 is 0 Å². The number of para-hydroxylation sites is 2. The Bertz CT molecular complexity index is 761. The number of ether oxygens (including phenoxy) is 1.